The van der Waals surface area contributed by atoms with Crippen LogP contribution in [0.15, 0.2) is 18.2 Å². The van der Waals surface area contributed by atoms with Crippen LogP contribution in [0, 0.1) is 11.8 Å². The lowest BCUT2D eigenvalue weighted by atomic mass is 10.2. The lowest BCUT2D eigenvalue weighted by molar-refractivity contribution is -0.139. The van der Waals surface area contributed by atoms with E-state index in [1.807, 2.05) is 6.07 Å². The maximum atomic E-state index is 11.8. The number of benzene rings is 1. The van der Waals surface area contributed by atoms with Gasteiger partial charge in [0.05, 0.1) is 16.5 Å². The van der Waals surface area contributed by atoms with Gasteiger partial charge >= 0.3 is 5.97 Å². The Balaban J connectivity index is 1.72. The third-order valence-electron chi connectivity index (χ3n) is 2.96. The predicted octanol–water partition coefficient (Wildman–Crippen LogP) is 1.35. The molecular formula is C11H9N3O3S. The quantitative estimate of drug-likeness (QED) is 0.872. The third kappa shape index (κ3) is 1.92. The largest absolute Gasteiger partial charge is 0.481 e. The predicted molar refractivity (Wildman–Crippen MR) is 65.3 cm³/mol. The number of nitrogens with zero attached hydrogens (tertiary/aromatic N) is 2. The third-order valence-corrected chi connectivity index (χ3v) is 3.66. The molecule has 0 aliphatic heterocycles. The van der Waals surface area contributed by atoms with E-state index >= 15 is 0 Å². The highest BCUT2D eigenvalue weighted by Gasteiger charge is 2.48. The zero-order valence-electron chi connectivity index (χ0n) is 9.16. The van der Waals surface area contributed by atoms with Crippen LogP contribution in [0.5, 0.6) is 0 Å². The molecule has 1 heterocycles. The molecule has 2 aromatic rings. The fourth-order valence-electron chi connectivity index (χ4n) is 1.85. The lowest BCUT2D eigenvalue weighted by Crippen LogP contribution is -2.16. The fraction of sp³-hybridized carbons (Fsp3) is 0.273. The molecule has 92 valence electrons. The van der Waals surface area contributed by atoms with E-state index in [2.05, 4.69) is 14.9 Å². The summed E-state index contributed by atoms with van der Waals surface area (Å²) in [5.41, 5.74) is 1.35. The molecule has 18 heavy (non-hydrogen) atoms. The van der Waals surface area contributed by atoms with Crippen molar-refractivity contribution in [3.8, 4) is 0 Å². The minimum absolute atomic E-state index is 0.245. The van der Waals surface area contributed by atoms with Crippen molar-refractivity contribution >= 4 is 39.3 Å². The number of fused-ring (bicyclic) bond motifs is 1. The van der Waals surface area contributed by atoms with Crippen molar-refractivity contribution in [2.45, 2.75) is 6.42 Å². The molecule has 0 unspecified atom stereocenters. The summed E-state index contributed by atoms with van der Waals surface area (Å²) < 4.78 is 4.75. The van der Waals surface area contributed by atoms with Crippen molar-refractivity contribution < 1.29 is 14.7 Å². The van der Waals surface area contributed by atoms with E-state index in [0.29, 0.717) is 12.1 Å². The maximum Gasteiger partial charge on any atom is 0.307 e. The van der Waals surface area contributed by atoms with Gasteiger partial charge in [-0.2, -0.15) is 0 Å². The van der Waals surface area contributed by atoms with Gasteiger partial charge in [-0.25, -0.2) is 0 Å². The molecule has 0 bridgehead atoms. The normalized spacial score (nSPS) is 21.8. The van der Waals surface area contributed by atoms with Crippen LogP contribution in [0.2, 0.25) is 0 Å². The number of hydrogen-bond donors (Lipinski definition) is 2. The average molecular weight is 263 g/mol. The number of nitrogens with one attached hydrogen (secondary N) is 1. The van der Waals surface area contributed by atoms with Crippen molar-refractivity contribution in [3.05, 3.63) is 18.2 Å². The molecule has 2 N–H and O–H groups in total. The summed E-state index contributed by atoms with van der Waals surface area (Å²) in [6.07, 6.45) is 0.418. The highest BCUT2D eigenvalue weighted by molar-refractivity contribution is 7.12. The number of carboxylic acid groups (broad SMARTS) is 1. The zero-order chi connectivity index (χ0) is 12.7. The van der Waals surface area contributed by atoms with Crippen LogP contribution in [0.4, 0.5) is 5.69 Å². The highest BCUT2D eigenvalue weighted by Crippen LogP contribution is 2.39. The highest BCUT2D eigenvalue weighted by atomic mass is 32.1. The molecule has 0 radical (unpaired) electrons. The Morgan fingerprint density at radius 1 is 1.39 bits per heavy atom. The number of aliphatic carboxylic acids is 1. The van der Waals surface area contributed by atoms with Crippen molar-refractivity contribution in [2.24, 2.45) is 11.8 Å². The monoisotopic (exact) mass is 263 g/mol. The van der Waals surface area contributed by atoms with Gasteiger partial charge in [0.15, 0.2) is 0 Å². The lowest BCUT2D eigenvalue weighted by Gasteiger charge is -2.03. The van der Waals surface area contributed by atoms with Gasteiger partial charge in [-0.05, 0) is 36.2 Å². The molecule has 1 aliphatic carbocycles. The van der Waals surface area contributed by atoms with Crippen molar-refractivity contribution in [3.63, 3.8) is 0 Å². The molecule has 1 aliphatic rings. The van der Waals surface area contributed by atoms with Gasteiger partial charge in [-0.1, -0.05) is 4.49 Å². The molecular weight excluding hydrogens is 254 g/mol. The number of anilines is 1. The van der Waals surface area contributed by atoms with Crippen LogP contribution < -0.4 is 5.32 Å². The average Bonchev–Trinajstić information content (AvgIpc) is 3.02. The van der Waals surface area contributed by atoms with Crippen molar-refractivity contribution in [1.29, 1.82) is 0 Å². The van der Waals surface area contributed by atoms with Gasteiger partial charge in [0, 0.05) is 5.69 Å². The summed E-state index contributed by atoms with van der Waals surface area (Å²) in [6.45, 7) is 0. The van der Waals surface area contributed by atoms with Crippen molar-refractivity contribution in [2.75, 3.05) is 5.32 Å². The first-order valence-corrected chi connectivity index (χ1v) is 6.18. The first kappa shape index (κ1) is 11.1. The molecule has 1 fully saturated rings. The van der Waals surface area contributed by atoms with Crippen LogP contribution in [0.3, 0.4) is 0 Å². The van der Waals surface area contributed by atoms with Crippen LogP contribution in [-0.4, -0.2) is 26.6 Å². The SMILES string of the molecule is O=C(O)[C@H]1C[C@H]1C(=O)Nc1ccc2snnc2c1. The first-order valence-electron chi connectivity index (χ1n) is 5.41. The molecule has 1 aromatic heterocycles. The summed E-state index contributed by atoms with van der Waals surface area (Å²) in [6, 6.07) is 5.32. The number of carboxylic acids is 1. The van der Waals surface area contributed by atoms with Crippen molar-refractivity contribution in [1.82, 2.24) is 9.59 Å². The first-order chi connectivity index (χ1) is 8.65. The van der Waals surface area contributed by atoms with Gasteiger partial charge in [-0.15, -0.1) is 5.10 Å². The van der Waals surface area contributed by atoms with E-state index < -0.39 is 17.8 Å². The van der Waals surface area contributed by atoms with Crippen LogP contribution >= 0.6 is 11.5 Å². The number of rotatable bonds is 3. The standard InChI is InChI=1S/C11H9N3O3S/c15-10(6-4-7(6)11(16)17)12-5-1-2-9-8(3-5)13-14-18-9/h1-3,6-7H,4H2,(H,12,15)(H,16,17)/t6-,7+/m1/s1. The maximum absolute atomic E-state index is 11.8. The van der Waals surface area contributed by atoms with E-state index in [4.69, 9.17) is 5.11 Å². The van der Waals surface area contributed by atoms with E-state index in [9.17, 15) is 9.59 Å². The Morgan fingerprint density at radius 3 is 2.94 bits per heavy atom. The number of aromatic nitrogens is 2. The number of carbonyl (C=O) groups is 2. The topological polar surface area (TPSA) is 92.2 Å². The number of carbonyl (C=O) groups excluding carboxylic acids is 1. The van der Waals surface area contributed by atoms with E-state index in [1.165, 1.54) is 11.5 Å². The zero-order valence-corrected chi connectivity index (χ0v) is 9.98. The second kappa shape index (κ2) is 4.02. The van der Waals surface area contributed by atoms with Gasteiger partial charge < -0.3 is 10.4 Å². The van der Waals surface area contributed by atoms with Gasteiger partial charge in [0.25, 0.3) is 0 Å². The molecule has 0 spiro atoms. The summed E-state index contributed by atoms with van der Waals surface area (Å²) >= 11 is 1.29. The van der Waals surface area contributed by atoms with Gasteiger partial charge in [-0.3, -0.25) is 9.59 Å². The molecule has 0 saturated heterocycles. The van der Waals surface area contributed by atoms with Crippen LogP contribution in [0.25, 0.3) is 10.2 Å². The molecule has 6 nitrogen and oxygen atoms in total. The van der Waals surface area contributed by atoms with E-state index in [1.54, 1.807) is 12.1 Å². The fourth-order valence-corrected chi connectivity index (χ4v) is 2.39. The van der Waals surface area contributed by atoms with Crippen LogP contribution in [0.1, 0.15) is 6.42 Å². The Kier molecular flexibility index (Phi) is 2.48. The Hall–Kier alpha value is -2.02. The minimum atomic E-state index is -0.908. The Morgan fingerprint density at radius 2 is 2.22 bits per heavy atom. The van der Waals surface area contributed by atoms with E-state index in [0.717, 1.165) is 10.2 Å². The summed E-state index contributed by atoms with van der Waals surface area (Å²) in [5, 5.41) is 15.4. The minimum Gasteiger partial charge on any atom is -0.481 e. The smallest absolute Gasteiger partial charge is 0.307 e. The summed E-state index contributed by atoms with van der Waals surface area (Å²) in [4.78, 5) is 22.4. The molecule has 2 atom stereocenters. The molecule has 1 saturated carbocycles. The van der Waals surface area contributed by atoms with E-state index in [-0.39, 0.29) is 5.91 Å². The molecule has 1 amide bonds. The Bertz CT molecular complexity index is 639. The van der Waals surface area contributed by atoms with Gasteiger partial charge in [0.2, 0.25) is 5.91 Å². The molecule has 1 aromatic carbocycles. The Labute approximate surface area is 106 Å². The molecule has 7 heteroatoms. The second-order valence-electron chi connectivity index (χ2n) is 4.23. The number of hydrogen-bond acceptors (Lipinski definition) is 5. The number of amides is 1. The second-order valence-corrected chi connectivity index (χ2v) is 5.02. The van der Waals surface area contributed by atoms with Crippen LogP contribution in [-0.2, 0) is 9.59 Å². The summed E-state index contributed by atoms with van der Waals surface area (Å²) in [7, 11) is 0. The van der Waals surface area contributed by atoms with Gasteiger partial charge in [0.1, 0.15) is 5.52 Å². The summed E-state index contributed by atoms with van der Waals surface area (Å²) in [5.74, 6) is -2.10. The molecule has 3 rings (SSSR count).